The first-order chi connectivity index (χ1) is 20.2. The van der Waals surface area contributed by atoms with E-state index in [2.05, 4.69) is 15.5 Å². The molecule has 0 aliphatic carbocycles. The molecular formula is C29H27FN6O6. The Hall–Kier alpha value is -4.74. The van der Waals surface area contributed by atoms with Crippen molar-refractivity contribution in [2.75, 3.05) is 11.9 Å². The third kappa shape index (κ3) is 5.69. The summed E-state index contributed by atoms with van der Waals surface area (Å²) in [5.41, 5.74) is 5.79. The van der Waals surface area contributed by atoms with E-state index in [0.717, 1.165) is 5.56 Å². The molecule has 0 spiro atoms. The summed E-state index contributed by atoms with van der Waals surface area (Å²) in [4.78, 5) is 25.1. The van der Waals surface area contributed by atoms with E-state index < -0.39 is 54.3 Å². The van der Waals surface area contributed by atoms with Crippen LogP contribution in [0.15, 0.2) is 73.1 Å². The zero-order chi connectivity index (χ0) is 29.9. The molecule has 4 aromatic rings. The number of carbonyl (C=O) groups excluding carboxylic acids is 2. The van der Waals surface area contributed by atoms with Gasteiger partial charge in [0.15, 0.2) is 5.82 Å². The van der Waals surface area contributed by atoms with Crippen molar-refractivity contribution >= 4 is 23.2 Å². The molecule has 2 aromatic heterocycles. The molecule has 1 aliphatic heterocycles. The Morgan fingerprint density at radius 1 is 1.14 bits per heavy atom. The number of benzene rings is 2. The first-order valence-corrected chi connectivity index (χ1v) is 13.0. The minimum absolute atomic E-state index is 0.000333. The van der Waals surface area contributed by atoms with E-state index in [-0.39, 0.29) is 24.4 Å². The molecule has 42 heavy (non-hydrogen) atoms. The van der Waals surface area contributed by atoms with Crippen molar-refractivity contribution in [2.45, 2.75) is 42.8 Å². The molecule has 1 saturated heterocycles. The molecule has 5 atom stereocenters. The number of ether oxygens (including phenoxy) is 2. The summed E-state index contributed by atoms with van der Waals surface area (Å²) >= 11 is 0. The highest BCUT2D eigenvalue weighted by molar-refractivity contribution is 5.97. The first-order valence-electron chi connectivity index (χ1n) is 13.0. The summed E-state index contributed by atoms with van der Waals surface area (Å²) in [6, 6.07) is 18.5. The van der Waals surface area contributed by atoms with Crippen LogP contribution in [0.25, 0.3) is 5.52 Å². The lowest BCUT2D eigenvalue weighted by molar-refractivity contribution is -0.149. The van der Waals surface area contributed by atoms with Gasteiger partial charge in [-0.1, -0.05) is 42.5 Å². The largest absolute Gasteiger partial charge is 0.463 e. The van der Waals surface area contributed by atoms with Gasteiger partial charge in [-0.2, -0.15) is 5.26 Å². The number of anilines is 1. The van der Waals surface area contributed by atoms with Crippen molar-refractivity contribution in [3.8, 4) is 6.07 Å². The van der Waals surface area contributed by atoms with E-state index in [1.807, 2.05) is 12.1 Å². The third-order valence-electron chi connectivity index (χ3n) is 7.04. The molecule has 2 aromatic carbocycles. The second kappa shape index (κ2) is 12.0. The summed E-state index contributed by atoms with van der Waals surface area (Å²) in [6.45, 7) is -0.399. The number of hydrogen-bond acceptors (Lipinski definition) is 10. The van der Waals surface area contributed by atoms with Crippen LogP contribution < -0.4 is 11.1 Å². The first kappa shape index (κ1) is 28.8. The molecule has 216 valence electrons. The highest BCUT2D eigenvalue weighted by Gasteiger charge is 2.57. The summed E-state index contributed by atoms with van der Waals surface area (Å²) in [5.74, 6) is -1.53. The van der Waals surface area contributed by atoms with Gasteiger partial charge in [0.05, 0.1) is 23.7 Å². The molecule has 0 saturated carbocycles. The second-order valence-electron chi connectivity index (χ2n) is 9.86. The molecule has 0 bridgehead atoms. The average Bonchev–Trinajstić information content (AvgIpc) is 3.54. The number of nitriles is 1. The fourth-order valence-electron chi connectivity index (χ4n) is 4.83. The maximum absolute atomic E-state index is 13.2. The third-order valence-corrected chi connectivity index (χ3v) is 7.04. The van der Waals surface area contributed by atoms with Crippen molar-refractivity contribution in [3.63, 3.8) is 0 Å². The van der Waals surface area contributed by atoms with Gasteiger partial charge in [-0.05, 0) is 41.8 Å². The predicted molar refractivity (Wildman–Crippen MR) is 145 cm³/mol. The molecule has 12 nitrogen and oxygen atoms in total. The number of halogens is 1. The highest BCUT2D eigenvalue weighted by Crippen LogP contribution is 2.40. The number of rotatable bonds is 9. The van der Waals surface area contributed by atoms with Gasteiger partial charge < -0.3 is 30.7 Å². The molecule has 3 heterocycles. The van der Waals surface area contributed by atoms with Crippen LogP contribution in [0, 0.1) is 17.1 Å². The fraction of sp³-hybridized carbons (Fsp3) is 0.276. The summed E-state index contributed by atoms with van der Waals surface area (Å²) in [7, 11) is 0. The quantitative estimate of drug-likeness (QED) is 0.210. The van der Waals surface area contributed by atoms with Crippen molar-refractivity contribution in [1.29, 1.82) is 5.26 Å². The lowest BCUT2D eigenvalue weighted by Crippen LogP contribution is -2.41. The number of aromatic nitrogens is 3. The molecule has 1 aliphatic rings. The molecule has 0 unspecified atom stereocenters. The van der Waals surface area contributed by atoms with Crippen LogP contribution in [0.1, 0.15) is 16.8 Å². The molecule has 0 radical (unpaired) electrons. The fourth-order valence-corrected chi connectivity index (χ4v) is 4.83. The Bertz CT molecular complexity index is 1630. The second-order valence-corrected chi connectivity index (χ2v) is 9.86. The lowest BCUT2D eigenvalue weighted by Gasteiger charge is -2.24. The van der Waals surface area contributed by atoms with Crippen LogP contribution in [0.4, 0.5) is 10.2 Å². The van der Waals surface area contributed by atoms with E-state index in [9.17, 15) is 29.5 Å². The Morgan fingerprint density at radius 3 is 2.60 bits per heavy atom. The van der Waals surface area contributed by atoms with Gasteiger partial charge in [0.2, 0.25) is 11.5 Å². The van der Waals surface area contributed by atoms with Crippen LogP contribution in [-0.2, 0) is 37.5 Å². The van der Waals surface area contributed by atoms with Gasteiger partial charge in [0, 0.05) is 0 Å². The maximum Gasteiger partial charge on any atom is 0.310 e. The number of aliphatic hydroxyl groups is 2. The van der Waals surface area contributed by atoms with Gasteiger partial charge in [0.25, 0.3) is 0 Å². The average molecular weight is 575 g/mol. The topological polar surface area (TPSA) is 185 Å². The monoisotopic (exact) mass is 574 g/mol. The SMILES string of the molecule is N#C[C@@]1(c2ccc3c(NC(=O)[C@@H](N)Cc4ccc(F)cc4)nncn23)O[C@H](COC(=O)Cc2ccccc2)[C@@H](O)[C@H]1O. The van der Waals surface area contributed by atoms with Crippen LogP contribution in [0.3, 0.4) is 0 Å². The maximum atomic E-state index is 13.2. The number of fused-ring (bicyclic) bond motifs is 1. The van der Waals surface area contributed by atoms with Crippen LogP contribution in [0.2, 0.25) is 0 Å². The smallest absolute Gasteiger partial charge is 0.310 e. The molecular weight excluding hydrogens is 547 g/mol. The van der Waals surface area contributed by atoms with Crippen molar-refractivity contribution < 1.29 is 33.7 Å². The lowest BCUT2D eigenvalue weighted by atomic mass is 9.92. The Kier molecular flexibility index (Phi) is 8.23. The van der Waals surface area contributed by atoms with Crippen molar-refractivity contribution in [3.05, 3.63) is 95.7 Å². The van der Waals surface area contributed by atoms with E-state index in [1.54, 1.807) is 24.3 Å². The number of aliphatic hydroxyl groups excluding tert-OH is 2. The van der Waals surface area contributed by atoms with Gasteiger partial charge in [0.1, 0.15) is 43.1 Å². The van der Waals surface area contributed by atoms with E-state index in [0.29, 0.717) is 11.1 Å². The van der Waals surface area contributed by atoms with Gasteiger partial charge >= 0.3 is 5.97 Å². The number of esters is 1. The Labute approximate surface area is 239 Å². The van der Waals surface area contributed by atoms with E-state index >= 15 is 0 Å². The highest BCUT2D eigenvalue weighted by atomic mass is 19.1. The summed E-state index contributed by atoms with van der Waals surface area (Å²) in [6.07, 6.45) is -3.08. The number of nitrogens with zero attached hydrogens (tertiary/aromatic N) is 4. The molecule has 5 rings (SSSR count). The molecule has 1 amide bonds. The Morgan fingerprint density at radius 2 is 1.88 bits per heavy atom. The van der Waals surface area contributed by atoms with Crippen molar-refractivity contribution in [2.24, 2.45) is 5.73 Å². The van der Waals surface area contributed by atoms with Crippen LogP contribution >= 0.6 is 0 Å². The summed E-state index contributed by atoms with van der Waals surface area (Å²) in [5, 5.41) is 42.3. The Balaban J connectivity index is 1.31. The summed E-state index contributed by atoms with van der Waals surface area (Å²) < 4.78 is 25.7. The van der Waals surface area contributed by atoms with Crippen LogP contribution in [-0.4, -0.2) is 67.6 Å². The standard InChI is InChI=1S/C29H27FN6O6/c30-19-8-6-18(7-9-19)12-20(32)28(40)34-27-21-10-11-23(36(21)16-33-35-27)29(15-31)26(39)25(38)22(42-29)14-41-24(37)13-17-4-2-1-3-5-17/h1-11,16,20,22,25-26,38-39H,12-14,32H2,(H,34,35,40)/t20-,22+,25+,26+,29-/m0/s1. The van der Waals surface area contributed by atoms with Gasteiger partial charge in [-0.25, -0.2) is 4.39 Å². The van der Waals surface area contributed by atoms with Gasteiger partial charge in [-0.15, -0.1) is 10.2 Å². The van der Waals surface area contributed by atoms with Gasteiger partial charge in [-0.3, -0.25) is 14.0 Å². The zero-order valence-corrected chi connectivity index (χ0v) is 22.1. The minimum Gasteiger partial charge on any atom is -0.463 e. The van der Waals surface area contributed by atoms with Crippen molar-refractivity contribution in [1.82, 2.24) is 14.6 Å². The number of nitrogens with one attached hydrogen (secondary N) is 1. The predicted octanol–water partition coefficient (Wildman–Crippen LogP) is 1.00. The van der Waals surface area contributed by atoms with E-state index in [1.165, 1.54) is 47.1 Å². The van der Waals surface area contributed by atoms with E-state index in [4.69, 9.17) is 15.2 Å². The minimum atomic E-state index is -2.06. The number of amides is 1. The normalized spacial score (nSPS) is 22.4. The molecule has 13 heteroatoms. The molecule has 5 N–H and O–H groups in total. The number of nitrogens with two attached hydrogens (primary N) is 1. The molecule has 1 fully saturated rings. The number of hydrogen-bond donors (Lipinski definition) is 4. The van der Waals surface area contributed by atoms with Crippen LogP contribution in [0.5, 0.6) is 0 Å². The number of carbonyl (C=O) groups is 2. The zero-order valence-electron chi connectivity index (χ0n) is 22.1.